The lowest BCUT2D eigenvalue weighted by Gasteiger charge is -2.34. The number of sulfonamides is 1. The fraction of sp³-hybridized carbons (Fsp3) is 0.529. The molecule has 1 saturated heterocycles. The predicted octanol–water partition coefficient (Wildman–Crippen LogP) is 0.841. The molecule has 0 saturated carbocycles. The normalized spacial score (nSPS) is 15.8. The zero-order chi connectivity index (χ0) is 22.6. The van der Waals surface area contributed by atoms with E-state index in [-0.39, 0.29) is 43.4 Å². The van der Waals surface area contributed by atoms with Gasteiger partial charge < -0.3 is 10.2 Å². The van der Waals surface area contributed by atoms with E-state index in [2.05, 4.69) is 25.5 Å². The lowest BCUT2D eigenvalue weighted by molar-refractivity contribution is -0.138. The van der Waals surface area contributed by atoms with Crippen molar-refractivity contribution >= 4 is 21.8 Å². The first-order valence-corrected chi connectivity index (χ1v) is 11.1. The van der Waals surface area contributed by atoms with E-state index in [0.29, 0.717) is 24.3 Å². The highest BCUT2D eigenvalue weighted by Crippen LogP contribution is 2.28. The highest BCUT2D eigenvalue weighted by molar-refractivity contribution is 7.89. The second kappa shape index (κ2) is 9.18. The van der Waals surface area contributed by atoms with Crippen LogP contribution in [0, 0.1) is 6.92 Å². The Balaban J connectivity index is 1.46. The zero-order valence-electron chi connectivity index (χ0n) is 16.7. The number of halogens is 3. The third kappa shape index (κ3) is 5.91. The van der Waals surface area contributed by atoms with Crippen LogP contribution in [0.25, 0.3) is 0 Å². The standard InChI is InChI=1S/C17H22F3N7O3S/c1-12-9-14(24-25-15(12)28)21-3-2-8-31(29,30)27-6-4-26(5-7-27)16-22-10-13(11-23-16)17(18,19)20/h9-11H,2-8H2,1H3,(H,21,24)(H,25,28). The van der Waals surface area contributed by atoms with Crippen molar-refractivity contribution in [3.05, 3.63) is 39.9 Å². The number of piperazine rings is 1. The maximum absolute atomic E-state index is 12.6. The minimum absolute atomic E-state index is 0.0703. The molecule has 10 nitrogen and oxygen atoms in total. The molecule has 3 heterocycles. The van der Waals surface area contributed by atoms with Gasteiger partial charge in [0, 0.05) is 50.7 Å². The Hall–Kier alpha value is -2.74. The molecule has 0 unspecified atom stereocenters. The minimum Gasteiger partial charge on any atom is -0.369 e. The van der Waals surface area contributed by atoms with E-state index in [1.807, 2.05) is 0 Å². The molecule has 1 fully saturated rings. The molecule has 0 spiro atoms. The number of anilines is 2. The van der Waals surface area contributed by atoms with Gasteiger partial charge in [-0.2, -0.15) is 22.6 Å². The largest absolute Gasteiger partial charge is 0.419 e. The van der Waals surface area contributed by atoms with Gasteiger partial charge in [-0.05, 0) is 19.4 Å². The second-order valence-electron chi connectivity index (χ2n) is 7.02. The predicted molar refractivity (Wildman–Crippen MR) is 107 cm³/mol. The van der Waals surface area contributed by atoms with E-state index < -0.39 is 21.8 Å². The smallest absolute Gasteiger partial charge is 0.369 e. The average molecular weight is 461 g/mol. The van der Waals surface area contributed by atoms with Gasteiger partial charge >= 0.3 is 6.18 Å². The Morgan fingerprint density at radius 2 is 1.81 bits per heavy atom. The molecule has 14 heteroatoms. The number of hydrogen-bond acceptors (Lipinski definition) is 8. The fourth-order valence-corrected chi connectivity index (χ4v) is 4.48. The average Bonchev–Trinajstić information content (AvgIpc) is 2.73. The van der Waals surface area contributed by atoms with E-state index >= 15 is 0 Å². The fourth-order valence-electron chi connectivity index (χ4n) is 2.99. The van der Waals surface area contributed by atoms with Crippen molar-refractivity contribution in [2.24, 2.45) is 0 Å². The maximum atomic E-state index is 12.6. The first kappa shape index (κ1) is 22.9. The van der Waals surface area contributed by atoms with Gasteiger partial charge in [-0.1, -0.05) is 0 Å². The summed E-state index contributed by atoms with van der Waals surface area (Å²) in [6.45, 7) is 2.96. The van der Waals surface area contributed by atoms with Crippen LogP contribution in [0.3, 0.4) is 0 Å². The van der Waals surface area contributed by atoms with Crippen LogP contribution < -0.4 is 15.8 Å². The van der Waals surface area contributed by atoms with Crippen LogP contribution in [0.1, 0.15) is 17.5 Å². The van der Waals surface area contributed by atoms with Crippen molar-refractivity contribution in [1.82, 2.24) is 24.5 Å². The van der Waals surface area contributed by atoms with Crippen molar-refractivity contribution in [1.29, 1.82) is 0 Å². The number of rotatable bonds is 7. The highest BCUT2D eigenvalue weighted by atomic mass is 32.2. The summed E-state index contributed by atoms with van der Waals surface area (Å²) in [7, 11) is -3.49. The molecule has 0 atom stereocenters. The minimum atomic E-state index is -4.51. The van der Waals surface area contributed by atoms with Crippen molar-refractivity contribution in [2.75, 3.05) is 48.7 Å². The van der Waals surface area contributed by atoms with Gasteiger partial charge in [-0.15, -0.1) is 0 Å². The second-order valence-corrected chi connectivity index (χ2v) is 9.11. The number of aryl methyl sites for hydroxylation is 1. The maximum Gasteiger partial charge on any atom is 0.419 e. The molecule has 0 bridgehead atoms. The van der Waals surface area contributed by atoms with Gasteiger partial charge in [0.2, 0.25) is 16.0 Å². The summed E-state index contributed by atoms with van der Waals surface area (Å²) in [6, 6.07) is 1.58. The number of hydrogen-bond donors (Lipinski definition) is 2. The van der Waals surface area contributed by atoms with Crippen molar-refractivity contribution in [2.45, 2.75) is 19.5 Å². The topological polar surface area (TPSA) is 124 Å². The van der Waals surface area contributed by atoms with Gasteiger partial charge in [0.05, 0.1) is 11.3 Å². The molecule has 2 aromatic rings. The van der Waals surface area contributed by atoms with E-state index in [1.165, 1.54) is 4.31 Å². The molecule has 1 aliphatic heterocycles. The summed E-state index contributed by atoms with van der Waals surface area (Å²) in [5.41, 5.74) is -0.715. The summed E-state index contributed by atoms with van der Waals surface area (Å²) in [5.74, 6) is 0.525. The molecular formula is C17H22F3N7O3S. The van der Waals surface area contributed by atoms with Gasteiger partial charge in [0.15, 0.2) is 0 Å². The van der Waals surface area contributed by atoms with Gasteiger partial charge in [-0.3, -0.25) is 4.79 Å². The molecule has 3 rings (SSSR count). The Morgan fingerprint density at radius 3 is 2.39 bits per heavy atom. The summed E-state index contributed by atoms with van der Waals surface area (Å²) >= 11 is 0. The van der Waals surface area contributed by atoms with Crippen LogP contribution in [0.2, 0.25) is 0 Å². The van der Waals surface area contributed by atoms with Gasteiger partial charge in [0.25, 0.3) is 5.56 Å². The number of H-pyrrole nitrogens is 1. The Bertz CT molecular complexity index is 1050. The summed E-state index contributed by atoms with van der Waals surface area (Å²) in [5, 5.41) is 9.13. The zero-order valence-corrected chi connectivity index (χ0v) is 17.5. The lowest BCUT2D eigenvalue weighted by Crippen LogP contribution is -2.49. The lowest BCUT2D eigenvalue weighted by atomic mass is 10.3. The third-order valence-electron chi connectivity index (χ3n) is 4.75. The Labute approximate surface area is 176 Å². The molecule has 2 aromatic heterocycles. The van der Waals surface area contributed by atoms with Crippen LogP contribution in [-0.4, -0.2) is 71.4 Å². The van der Waals surface area contributed by atoms with Gasteiger partial charge in [0.1, 0.15) is 5.82 Å². The molecule has 0 aliphatic carbocycles. The molecule has 0 aromatic carbocycles. The molecule has 31 heavy (non-hydrogen) atoms. The first-order chi connectivity index (χ1) is 14.6. The quantitative estimate of drug-likeness (QED) is 0.582. The number of aromatic nitrogens is 4. The first-order valence-electron chi connectivity index (χ1n) is 9.48. The summed E-state index contributed by atoms with van der Waals surface area (Å²) in [4.78, 5) is 20.4. The van der Waals surface area contributed by atoms with Crippen LogP contribution in [0.4, 0.5) is 24.9 Å². The monoisotopic (exact) mass is 461 g/mol. The van der Waals surface area contributed by atoms with Crippen LogP contribution >= 0.6 is 0 Å². The molecule has 0 radical (unpaired) electrons. The van der Waals surface area contributed by atoms with E-state index in [9.17, 15) is 26.4 Å². The van der Waals surface area contributed by atoms with E-state index in [0.717, 1.165) is 12.4 Å². The summed E-state index contributed by atoms with van der Waals surface area (Å²) < 4.78 is 64.3. The summed E-state index contributed by atoms with van der Waals surface area (Å²) in [6.07, 6.45) is -2.73. The Morgan fingerprint density at radius 1 is 1.16 bits per heavy atom. The van der Waals surface area contributed by atoms with Crippen LogP contribution in [0.15, 0.2) is 23.3 Å². The SMILES string of the molecule is Cc1cc(NCCCS(=O)(=O)N2CCN(c3ncc(C(F)(F)F)cn3)CC2)n[nH]c1=O. The third-order valence-corrected chi connectivity index (χ3v) is 6.71. The number of nitrogens with zero attached hydrogens (tertiary/aromatic N) is 5. The van der Waals surface area contributed by atoms with Crippen molar-refractivity contribution in [3.8, 4) is 0 Å². The molecular weight excluding hydrogens is 439 g/mol. The van der Waals surface area contributed by atoms with E-state index in [4.69, 9.17) is 0 Å². The molecule has 2 N–H and O–H groups in total. The van der Waals surface area contributed by atoms with Crippen molar-refractivity contribution in [3.63, 3.8) is 0 Å². The number of alkyl halides is 3. The van der Waals surface area contributed by atoms with Gasteiger partial charge in [-0.25, -0.2) is 23.5 Å². The van der Waals surface area contributed by atoms with E-state index in [1.54, 1.807) is 17.9 Å². The van der Waals surface area contributed by atoms with Crippen LogP contribution in [-0.2, 0) is 16.2 Å². The van der Waals surface area contributed by atoms with Crippen molar-refractivity contribution < 1.29 is 21.6 Å². The van der Waals surface area contributed by atoms with Crippen LogP contribution in [0.5, 0.6) is 0 Å². The number of nitrogens with one attached hydrogen (secondary N) is 2. The number of aromatic amines is 1. The molecule has 0 amide bonds. The highest BCUT2D eigenvalue weighted by Gasteiger charge is 2.32. The molecule has 1 aliphatic rings. The molecule has 170 valence electrons. The Kier molecular flexibility index (Phi) is 6.79.